The Morgan fingerprint density at radius 2 is 2.11 bits per heavy atom. The van der Waals surface area contributed by atoms with E-state index in [2.05, 4.69) is 38.9 Å². The molecular weight excluding hydrogens is 290 g/mol. The van der Waals surface area contributed by atoms with Crippen molar-refractivity contribution in [3.05, 3.63) is 40.3 Å². The van der Waals surface area contributed by atoms with E-state index in [9.17, 15) is 0 Å². The first-order chi connectivity index (χ1) is 8.58. The Balaban J connectivity index is 2.27. The van der Waals surface area contributed by atoms with Crippen LogP contribution in [-0.4, -0.2) is 16.0 Å². The van der Waals surface area contributed by atoms with Crippen LogP contribution < -0.4 is 5.73 Å². The lowest BCUT2D eigenvalue weighted by atomic mass is 10.1. The van der Waals surface area contributed by atoms with Crippen molar-refractivity contribution in [2.75, 3.05) is 0 Å². The van der Waals surface area contributed by atoms with Crippen LogP contribution in [0.5, 0.6) is 0 Å². The second-order valence-electron chi connectivity index (χ2n) is 4.65. The number of benzene rings is 1. The Morgan fingerprint density at radius 1 is 1.39 bits per heavy atom. The second kappa shape index (κ2) is 5.67. The van der Waals surface area contributed by atoms with Crippen LogP contribution in [0.4, 0.5) is 0 Å². The van der Waals surface area contributed by atoms with Crippen molar-refractivity contribution in [2.24, 2.45) is 5.73 Å². The third-order valence-electron chi connectivity index (χ3n) is 2.90. The largest absolute Gasteiger partial charge is 0.346 e. The monoisotopic (exact) mass is 307 g/mol. The van der Waals surface area contributed by atoms with E-state index in [1.54, 1.807) is 0 Å². The van der Waals surface area contributed by atoms with Gasteiger partial charge in [-0.15, -0.1) is 0 Å². The molecule has 0 aliphatic rings. The molecule has 18 heavy (non-hydrogen) atoms. The van der Waals surface area contributed by atoms with Crippen LogP contribution in [0.3, 0.4) is 0 Å². The molecule has 0 amide bonds. The van der Waals surface area contributed by atoms with E-state index in [0.29, 0.717) is 0 Å². The molecule has 96 valence electrons. The number of rotatable bonds is 4. The van der Waals surface area contributed by atoms with E-state index in [1.165, 1.54) is 0 Å². The summed E-state index contributed by atoms with van der Waals surface area (Å²) in [6, 6.07) is 8.35. The van der Waals surface area contributed by atoms with Crippen molar-refractivity contribution >= 4 is 15.9 Å². The van der Waals surface area contributed by atoms with E-state index in [0.717, 1.165) is 40.1 Å². The van der Waals surface area contributed by atoms with Gasteiger partial charge in [-0.2, -0.15) is 0 Å². The fourth-order valence-corrected chi connectivity index (χ4v) is 2.39. The highest BCUT2D eigenvalue weighted by Crippen LogP contribution is 2.28. The Labute approximate surface area is 116 Å². The molecule has 3 nitrogen and oxygen atoms in total. The highest BCUT2D eigenvalue weighted by Gasteiger charge is 2.11. The van der Waals surface area contributed by atoms with Crippen molar-refractivity contribution in [1.29, 1.82) is 0 Å². The number of aromatic amines is 1. The fourth-order valence-electron chi connectivity index (χ4n) is 1.92. The van der Waals surface area contributed by atoms with Gasteiger partial charge in [0.05, 0.1) is 5.69 Å². The lowest BCUT2D eigenvalue weighted by Crippen LogP contribution is -2.15. The molecule has 0 spiro atoms. The van der Waals surface area contributed by atoms with Crippen LogP contribution in [-0.2, 0) is 6.42 Å². The standard InChI is InChI=1S/C14H18BrN3/c1-9(16)7-8-13-17-10(2)14(18-13)11-5-3-4-6-12(11)15/h3-6,9H,7-8,16H2,1-2H3,(H,17,18). The van der Waals surface area contributed by atoms with Crippen molar-refractivity contribution in [1.82, 2.24) is 9.97 Å². The van der Waals surface area contributed by atoms with Gasteiger partial charge in [0.25, 0.3) is 0 Å². The minimum atomic E-state index is 0.210. The van der Waals surface area contributed by atoms with Gasteiger partial charge in [0.1, 0.15) is 5.82 Å². The lowest BCUT2D eigenvalue weighted by Gasteiger charge is -2.02. The molecule has 0 aliphatic heterocycles. The zero-order chi connectivity index (χ0) is 13.1. The number of imidazole rings is 1. The molecule has 0 fully saturated rings. The van der Waals surface area contributed by atoms with Gasteiger partial charge in [-0.3, -0.25) is 0 Å². The first kappa shape index (κ1) is 13.3. The normalized spacial score (nSPS) is 12.7. The van der Waals surface area contributed by atoms with Gasteiger partial charge in [-0.1, -0.05) is 34.1 Å². The van der Waals surface area contributed by atoms with Gasteiger partial charge in [-0.25, -0.2) is 4.98 Å². The van der Waals surface area contributed by atoms with Gasteiger partial charge in [0.2, 0.25) is 0 Å². The SMILES string of the molecule is Cc1[nH]c(CCC(C)N)nc1-c1ccccc1Br. The second-order valence-corrected chi connectivity index (χ2v) is 5.51. The van der Waals surface area contributed by atoms with Crippen LogP contribution in [0.15, 0.2) is 28.7 Å². The molecule has 1 atom stereocenters. The number of nitrogens with one attached hydrogen (secondary N) is 1. The Morgan fingerprint density at radius 3 is 2.78 bits per heavy atom. The zero-order valence-corrected chi connectivity index (χ0v) is 12.3. The number of hydrogen-bond acceptors (Lipinski definition) is 2. The highest BCUT2D eigenvalue weighted by molar-refractivity contribution is 9.10. The molecule has 4 heteroatoms. The van der Waals surface area contributed by atoms with Crippen LogP contribution in [0.2, 0.25) is 0 Å². The average Bonchev–Trinajstić information content (AvgIpc) is 2.69. The van der Waals surface area contributed by atoms with E-state index in [1.807, 2.05) is 25.1 Å². The zero-order valence-electron chi connectivity index (χ0n) is 10.7. The highest BCUT2D eigenvalue weighted by atomic mass is 79.9. The van der Waals surface area contributed by atoms with Crippen molar-refractivity contribution in [3.63, 3.8) is 0 Å². The first-order valence-electron chi connectivity index (χ1n) is 6.14. The minimum Gasteiger partial charge on any atom is -0.346 e. The molecule has 1 unspecified atom stereocenters. The first-order valence-corrected chi connectivity index (χ1v) is 6.93. The number of H-pyrrole nitrogens is 1. The fraction of sp³-hybridized carbons (Fsp3) is 0.357. The third-order valence-corrected chi connectivity index (χ3v) is 3.59. The molecule has 0 bridgehead atoms. The van der Waals surface area contributed by atoms with Crippen LogP contribution in [0.1, 0.15) is 24.9 Å². The van der Waals surface area contributed by atoms with Gasteiger partial charge < -0.3 is 10.7 Å². The molecule has 3 N–H and O–H groups in total. The van der Waals surface area contributed by atoms with E-state index >= 15 is 0 Å². The minimum absolute atomic E-state index is 0.210. The Bertz CT molecular complexity index is 532. The smallest absolute Gasteiger partial charge is 0.107 e. The summed E-state index contributed by atoms with van der Waals surface area (Å²) in [6.07, 6.45) is 1.84. The summed E-state index contributed by atoms with van der Waals surface area (Å²) in [5.74, 6) is 1.01. The molecule has 2 aromatic rings. The molecule has 0 saturated heterocycles. The van der Waals surface area contributed by atoms with Crippen LogP contribution in [0, 0.1) is 6.92 Å². The predicted molar refractivity (Wildman–Crippen MR) is 78.4 cm³/mol. The number of nitrogens with zero attached hydrogens (tertiary/aromatic N) is 1. The summed E-state index contributed by atoms with van der Waals surface area (Å²) in [5.41, 5.74) is 9.01. The van der Waals surface area contributed by atoms with Gasteiger partial charge in [0.15, 0.2) is 0 Å². The molecule has 0 radical (unpaired) electrons. The molecule has 1 heterocycles. The summed E-state index contributed by atoms with van der Waals surface area (Å²) >= 11 is 3.56. The maximum Gasteiger partial charge on any atom is 0.107 e. The molecule has 1 aromatic carbocycles. The van der Waals surface area contributed by atoms with E-state index < -0.39 is 0 Å². The number of aromatic nitrogens is 2. The van der Waals surface area contributed by atoms with E-state index in [4.69, 9.17) is 5.73 Å². The molecular formula is C14H18BrN3. The lowest BCUT2D eigenvalue weighted by molar-refractivity contribution is 0.651. The Kier molecular flexibility index (Phi) is 4.19. The van der Waals surface area contributed by atoms with Crippen molar-refractivity contribution in [3.8, 4) is 11.3 Å². The van der Waals surface area contributed by atoms with Gasteiger partial charge >= 0.3 is 0 Å². The van der Waals surface area contributed by atoms with Crippen LogP contribution >= 0.6 is 15.9 Å². The summed E-state index contributed by atoms with van der Waals surface area (Å²) in [5, 5.41) is 0. The maximum absolute atomic E-state index is 5.77. The number of hydrogen-bond donors (Lipinski definition) is 2. The Hall–Kier alpha value is -1.13. The number of nitrogens with two attached hydrogens (primary N) is 1. The van der Waals surface area contributed by atoms with Gasteiger partial charge in [-0.05, 0) is 26.3 Å². The summed E-state index contributed by atoms with van der Waals surface area (Å²) in [6.45, 7) is 4.07. The molecule has 2 rings (SSSR count). The van der Waals surface area contributed by atoms with Crippen LogP contribution in [0.25, 0.3) is 11.3 Å². The predicted octanol–water partition coefficient (Wildman–Crippen LogP) is 3.43. The average molecular weight is 308 g/mol. The quantitative estimate of drug-likeness (QED) is 0.909. The topological polar surface area (TPSA) is 54.7 Å². The number of aryl methyl sites for hydroxylation is 2. The third kappa shape index (κ3) is 3.00. The number of halogens is 1. The molecule has 0 aliphatic carbocycles. The molecule has 0 saturated carbocycles. The molecule has 1 aromatic heterocycles. The van der Waals surface area contributed by atoms with Gasteiger partial charge in [0, 0.05) is 28.2 Å². The van der Waals surface area contributed by atoms with E-state index in [-0.39, 0.29) is 6.04 Å². The summed E-state index contributed by atoms with van der Waals surface area (Å²) < 4.78 is 1.07. The maximum atomic E-state index is 5.77. The summed E-state index contributed by atoms with van der Waals surface area (Å²) in [7, 11) is 0. The summed E-state index contributed by atoms with van der Waals surface area (Å²) in [4.78, 5) is 8.01. The van der Waals surface area contributed by atoms with Crippen molar-refractivity contribution < 1.29 is 0 Å². The van der Waals surface area contributed by atoms with Crippen molar-refractivity contribution in [2.45, 2.75) is 32.7 Å².